The molecule has 41 heavy (non-hydrogen) atoms. The molecule has 0 saturated heterocycles. The number of fused-ring (bicyclic) bond motifs is 1. The van der Waals surface area contributed by atoms with E-state index in [1.807, 2.05) is 80.7 Å². The van der Waals surface area contributed by atoms with Crippen LogP contribution < -0.4 is 5.32 Å². The maximum atomic E-state index is 13.4. The second kappa shape index (κ2) is 12.0. The summed E-state index contributed by atoms with van der Waals surface area (Å²) in [6.45, 7) is 3.93. The van der Waals surface area contributed by atoms with E-state index in [1.54, 1.807) is 6.08 Å². The number of carbonyl (C=O) groups is 2. The number of aromatic nitrogens is 2. The molecule has 1 fully saturated rings. The number of carboxylic acids is 1. The molecule has 1 saturated carbocycles. The van der Waals surface area contributed by atoms with Crippen LogP contribution in [0.1, 0.15) is 78.9 Å². The van der Waals surface area contributed by atoms with E-state index in [0.29, 0.717) is 11.5 Å². The fraction of sp³-hybridized carbons (Fsp3) is 0.286. The van der Waals surface area contributed by atoms with Crippen molar-refractivity contribution < 1.29 is 14.7 Å². The van der Waals surface area contributed by atoms with Crippen LogP contribution in [0.25, 0.3) is 34.4 Å². The van der Waals surface area contributed by atoms with Crippen LogP contribution in [0.4, 0.5) is 0 Å². The highest BCUT2D eigenvalue weighted by molar-refractivity contribution is 6.01. The molecule has 0 spiro atoms. The van der Waals surface area contributed by atoms with Gasteiger partial charge in [0.2, 0.25) is 0 Å². The van der Waals surface area contributed by atoms with Crippen LogP contribution in [0.3, 0.4) is 0 Å². The first-order valence-electron chi connectivity index (χ1n) is 14.3. The second-order valence-electron chi connectivity index (χ2n) is 11.5. The Morgan fingerprint density at radius 3 is 2.34 bits per heavy atom. The van der Waals surface area contributed by atoms with Crippen LogP contribution in [0.5, 0.6) is 0 Å². The van der Waals surface area contributed by atoms with Crippen LogP contribution in [0.15, 0.2) is 79.0 Å². The van der Waals surface area contributed by atoms with Crippen LogP contribution in [0.2, 0.25) is 0 Å². The van der Waals surface area contributed by atoms with Gasteiger partial charge in [-0.05, 0) is 79.6 Å². The van der Waals surface area contributed by atoms with Crippen LogP contribution in [0, 0.1) is 0 Å². The van der Waals surface area contributed by atoms with Crippen molar-refractivity contribution in [3.8, 4) is 11.4 Å². The third kappa shape index (κ3) is 6.49. The first-order valence-corrected chi connectivity index (χ1v) is 14.3. The summed E-state index contributed by atoms with van der Waals surface area (Å²) in [7, 11) is 2.08. The summed E-state index contributed by atoms with van der Waals surface area (Å²) in [4.78, 5) is 28.9. The van der Waals surface area contributed by atoms with Crippen molar-refractivity contribution in [2.75, 3.05) is 0 Å². The van der Waals surface area contributed by atoms with Gasteiger partial charge in [0.05, 0.1) is 16.9 Å². The number of pyridine rings is 1. The molecule has 1 aliphatic rings. The largest absolute Gasteiger partial charge is 0.478 e. The Balaban J connectivity index is 1.39. The Bertz CT molecular complexity index is 1610. The van der Waals surface area contributed by atoms with Gasteiger partial charge in [-0.15, -0.1) is 0 Å². The Morgan fingerprint density at radius 2 is 1.68 bits per heavy atom. The molecular formula is C35H37N3O3. The highest BCUT2D eigenvalue weighted by Crippen LogP contribution is 2.43. The molecule has 0 aliphatic heterocycles. The summed E-state index contributed by atoms with van der Waals surface area (Å²) in [5, 5.41) is 13.2. The Hall–Kier alpha value is -4.45. The minimum Gasteiger partial charge on any atom is -0.478 e. The van der Waals surface area contributed by atoms with Crippen molar-refractivity contribution in [2.24, 2.45) is 7.05 Å². The van der Waals surface area contributed by atoms with E-state index >= 15 is 0 Å². The molecule has 6 nitrogen and oxygen atoms in total. The molecular weight excluding hydrogens is 510 g/mol. The van der Waals surface area contributed by atoms with E-state index in [-0.39, 0.29) is 5.91 Å². The number of hydrogen-bond donors (Lipinski definition) is 2. The molecule has 1 amide bonds. The number of carbonyl (C=O) groups excluding carboxylic acids is 1. The molecule has 4 aromatic rings. The summed E-state index contributed by atoms with van der Waals surface area (Å²) in [6, 6.07) is 19.7. The van der Waals surface area contributed by atoms with Gasteiger partial charge in [-0.2, -0.15) is 0 Å². The lowest BCUT2D eigenvalue weighted by Crippen LogP contribution is -2.41. The van der Waals surface area contributed by atoms with Crippen LogP contribution in [-0.2, 0) is 11.8 Å². The lowest BCUT2D eigenvalue weighted by Gasteiger charge is -2.23. The summed E-state index contributed by atoms with van der Waals surface area (Å²) in [5.41, 5.74) is 6.33. The van der Waals surface area contributed by atoms with Crippen molar-refractivity contribution in [1.82, 2.24) is 14.9 Å². The lowest BCUT2D eigenvalue weighted by atomic mass is 9.82. The third-order valence-electron chi connectivity index (χ3n) is 7.91. The molecule has 6 heteroatoms. The number of nitrogens with zero attached hydrogens (tertiary/aromatic N) is 2. The molecule has 1 aliphatic carbocycles. The van der Waals surface area contributed by atoms with Gasteiger partial charge in [0.15, 0.2) is 0 Å². The van der Waals surface area contributed by atoms with Gasteiger partial charge in [0.25, 0.3) is 5.91 Å². The minimum absolute atomic E-state index is 0.129. The maximum Gasteiger partial charge on any atom is 0.328 e. The predicted molar refractivity (Wildman–Crippen MR) is 166 cm³/mol. The molecule has 2 aromatic heterocycles. The van der Waals surface area contributed by atoms with Gasteiger partial charge in [-0.1, -0.05) is 67.8 Å². The molecule has 0 unspecified atom stereocenters. The maximum absolute atomic E-state index is 13.4. The standard InChI is InChI=1S/C35H37N3O3/c1-35(2,21-20-25-14-12-24(13-15-25)16-19-31(39)40)37-34(41)27-17-18-28-30(23-27)38(3)33(29-11-7-8-22-36-29)32(28)26-9-5-4-6-10-26/h7-8,11-23,26H,4-6,9-10H2,1-3H3,(H,37,41)(H,39,40). The third-order valence-corrected chi connectivity index (χ3v) is 7.91. The van der Waals surface area contributed by atoms with E-state index in [4.69, 9.17) is 10.1 Å². The Kier molecular flexibility index (Phi) is 8.20. The Labute approximate surface area is 241 Å². The average Bonchev–Trinajstić information content (AvgIpc) is 3.27. The zero-order chi connectivity index (χ0) is 29.0. The van der Waals surface area contributed by atoms with Gasteiger partial charge in [0, 0.05) is 35.8 Å². The van der Waals surface area contributed by atoms with E-state index < -0.39 is 11.5 Å². The molecule has 5 rings (SSSR count). The summed E-state index contributed by atoms with van der Waals surface area (Å²) < 4.78 is 2.21. The van der Waals surface area contributed by atoms with Crippen LogP contribution in [-0.4, -0.2) is 32.1 Å². The summed E-state index contributed by atoms with van der Waals surface area (Å²) in [5.74, 6) is -0.609. The van der Waals surface area contributed by atoms with Gasteiger partial charge >= 0.3 is 5.97 Å². The molecule has 0 atom stereocenters. The quantitative estimate of drug-likeness (QED) is 0.222. The van der Waals surface area contributed by atoms with Crippen molar-refractivity contribution in [3.63, 3.8) is 0 Å². The molecule has 210 valence electrons. The van der Waals surface area contributed by atoms with E-state index in [0.717, 1.165) is 34.1 Å². The number of carboxylic acid groups (broad SMARTS) is 1. The van der Waals surface area contributed by atoms with E-state index in [1.165, 1.54) is 43.1 Å². The van der Waals surface area contributed by atoms with E-state index in [2.05, 4.69) is 29.1 Å². The number of benzene rings is 2. The normalized spacial score (nSPS) is 14.7. The van der Waals surface area contributed by atoms with Crippen LogP contribution >= 0.6 is 0 Å². The second-order valence-corrected chi connectivity index (χ2v) is 11.5. The van der Waals surface area contributed by atoms with Gasteiger partial charge in [-0.3, -0.25) is 9.78 Å². The predicted octanol–water partition coefficient (Wildman–Crippen LogP) is 7.61. The highest BCUT2D eigenvalue weighted by Gasteiger charge is 2.27. The number of rotatable bonds is 8. The molecule has 2 heterocycles. The van der Waals surface area contributed by atoms with Crippen molar-refractivity contribution in [1.29, 1.82) is 0 Å². The molecule has 0 bridgehead atoms. The van der Waals surface area contributed by atoms with Gasteiger partial charge in [0.1, 0.15) is 0 Å². The fourth-order valence-electron chi connectivity index (χ4n) is 5.82. The Morgan fingerprint density at radius 1 is 0.976 bits per heavy atom. The molecule has 0 radical (unpaired) electrons. The number of hydrogen-bond acceptors (Lipinski definition) is 3. The summed E-state index contributed by atoms with van der Waals surface area (Å²) in [6.07, 6.45) is 14.6. The van der Waals surface area contributed by atoms with Crippen molar-refractivity contribution in [3.05, 3.63) is 101 Å². The van der Waals surface area contributed by atoms with Crippen molar-refractivity contribution >= 4 is 34.9 Å². The number of amides is 1. The average molecular weight is 548 g/mol. The van der Waals surface area contributed by atoms with Crippen molar-refractivity contribution in [2.45, 2.75) is 57.4 Å². The fourth-order valence-corrected chi connectivity index (χ4v) is 5.82. The zero-order valence-corrected chi connectivity index (χ0v) is 23.9. The molecule has 2 N–H and O–H groups in total. The first-order chi connectivity index (χ1) is 19.7. The SMILES string of the molecule is Cn1c(-c2ccccn2)c(C2CCCCC2)c2ccc(C(=O)NC(C)(C)C=Cc3ccc(C=CC(=O)O)cc3)cc21. The summed E-state index contributed by atoms with van der Waals surface area (Å²) >= 11 is 0. The number of nitrogens with one attached hydrogen (secondary N) is 1. The number of aryl methyl sites for hydroxylation is 1. The number of aliphatic carboxylic acids is 1. The highest BCUT2D eigenvalue weighted by atomic mass is 16.4. The lowest BCUT2D eigenvalue weighted by molar-refractivity contribution is -0.131. The van der Waals surface area contributed by atoms with E-state index in [9.17, 15) is 9.59 Å². The van der Waals surface area contributed by atoms with Gasteiger partial charge in [-0.25, -0.2) is 4.79 Å². The minimum atomic E-state index is -0.976. The smallest absolute Gasteiger partial charge is 0.328 e. The first kappa shape index (κ1) is 28.1. The van der Waals surface area contributed by atoms with Gasteiger partial charge < -0.3 is 15.0 Å². The monoisotopic (exact) mass is 547 g/mol. The topological polar surface area (TPSA) is 84.2 Å². The zero-order valence-electron chi connectivity index (χ0n) is 23.9. The molecule has 2 aromatic carbocycles.